The van der Waals surface area contributed by atoms with E-state index < -0.39 is 107 Å². The average Bonchev–Trinajstić information content (AvgIpc) is 3.35. The number of ether oxygens (including phenoxy) is 6. The zero-order valence-corrected chi connectivity index (χ0v) is 45.1. The first-order valence-corrected chi connectivity index (χ1v) is 26.2. The molecule has 1 unspecified atom stereocenters. The predicted molar refractivity (Wildman–Crippen MR) is 270 cm³/mol. The maximum Gasteiger partial charge on any atom is 0.329 e. The Morgan fingerprint density at radius 1 is 0.875 bits per heavy atom. The molecule has 0 aromatic heterocycles. The van der Waals surface area contributed by atoms with Crippen molar-refractivity contribution in [3.8, 4) is 0 Å². The van der Waals surface area contributed by atoms with Crippen LogP contribution in [0.1, 0.15) is 139 Å². The van der Waals surface area contributed by atoms with Crippen molar-refractivity contribution in [2.24, 2.45) is 40.9 Å². The smallest absolute Gasteiger partial charge is 0.329 e. The summed E-state index contributed by atoms with van der Waals surface area (Å²) in [6.07, 6.45) is 10.4. The number of ketones is 3. The summed E-state index contributed by atoms with van der Waals surface area (Å²) < 4.78 is 35.6. The van der Waals surface area contributed by atoms with Crippen LogP contribution >= 0.6 is 0 Å². The second kappa shape index (κ2) is 27.6. The minimum absolute atomic E-state index is 0.000821. The summed E-state index contributed by atoms with van der Waals surface area (Å²) in [5, 5.41) is 33.3. The van der Waals surface area contributed by atoms with Crippen LogP contribution in [0.25, 0.3) is 0 Å². The molecule has 4 rings (SSSR count). The van der Waals surface area contributed by atoms with Gasteiger partial charge in [0.25, 0.3) is 11.7 Å². The van der Waals surface area contributed by atoms with E-state index in [0.717, 1.165) is 5.57 Å². The quantitative estimate of drug-likeness (QED) is 0.124. The second-order valence-corrected chi connectivity index (χ2v) is 22.0. The number of Topliss-reactive ketones (excluding diaryl/α,β-unsaturated/α-hetero) is 3. The summed E-state index contributed by atoms with van der Waals surface area (Å²) in [4.78, 5) is 85.3. The van der Waals surface area contributed by atoms with Gasteiger partial charge in [0, 0.05) is 58.5 Å². The van der Waals surface area contributed by atoms with Crippen molar-refractivity contribution in [3.05, 3.63) is 47.6 Å². The largest absolute Gasteiger partial charge is 0.460 e. The molecule has 0 radical (unpaired) electrons. The van der Waals surface area contributed by atoms with Gasteiger partial charge in [0.15, 0.2) is 5.78 Å². The summed E-state index contributed by atoms with van der Waals surface area (Å²) >= 11 is 0. The SMILES string of the molecule is CO[C@H]1C[C@@H]2CC[C@@H](C)[C@@](O)(O2)C(=O)C(=O)N2CCCCC2C(=O)O[C@H]([C@H](C)C[C@@H]2CC[C@@H](OC(=O)C(C)(C)CO)[C@H](OC)C2)CC(=O)[C@H](C)/C=C(\C)[C@@H](O)[C@@H](OC)C(=O)[C@H](C)C[C@H](C)\C=C/C=C/C=C/1C. The molecular weight excluding hydrogens is 927 g/mol. The van der Waals surface area contributed by atoms with Gasteiger partial charge in [-0.25, -0.2) is 4.79 Å². The first-order chi connectivity index (χ1) is 33.9. The molecule has 3 fully saturated rings. The Morgan fingerprint density at radius 2 is 1.58 bits per heavy atom. The number of nitrogens with zero attached hydrogens (tertiary/aromatic N) is 1. The van der Waals surface area contributed by atoms with Crippen LogP contribution in [-0.2, 0) is 57.2 Å². The fourth-order valence-corrected chi connectivity index (χ4v) is 10.6. The standard InChI is InChI=1S/C56H87NO15/c1-33-18-14-13-15-19-34(2)45(67-10)30-41-23-21-39(7)56(66,72-41)51(62)52(63)57-25-17-16-20-42(57)53(64)70-46(31-43(59)35(3)27-38(6)49(61)50(69-12)48(60)37(5)26-33)36(4)28-40-22-24-44(47(29-40)68-11)71-54(65)55(8,9)32-58/h13-15,18-19,27,33,35-37,39-42,44-47,49-50,58,61,66H,16-17,20-26,28-32H2,1-12H3/b15-13+,18-14-,34-19+,38-27+/t33-,35-,36-,37-,39-,40+,41+,42?,44-,45+,46+,47-,49-,50+,56-/m1/s1. The third kappa shape index (κ3) is 15.8. The third-order valence-corrected chi connectivity index (χ3v) is 15.7. The van der Waals surface area contributed by atoms with Crippen LogP contribution in [0.5, 0.6) is 0 Å². The topological polar surface area (TPSA) is 222 Å². The maximum atomic E-state index is 14.5. The zero-order valence-electron chi connectivity index (χ0n) is 45.1. The van der Waals surface area contributed by atoms with E-state index in [4.69, 9.17) is 28.4 Å². The lowest BCUT2D eigenvalue weighted by Crippen LogP contribution is -2.61. The van der Waals surface area contributed by atoms with E-state index in [1.165, 1.54) is 12.0 Å². The number of fused-ring (bicyclic) bond motifs is 3. The number of aliphatic hydroxyl groups is 3. The molecule has 15 atom stereocenters. The van der Waals surface area contributed by atoms with Crippen molar-refractivity contribution >= 4 is 35.2 Å². The van der Waals surface area contributed by atoms with Gasteiger partial charge in [-0.15, -0.1) is 0 Å². The Labute approximate surface area is 428 Å². The Hall–Kier alpha value is -3.90. The van der Waals surface area contributed by atoms with Gasteiger partial charge in [0.2, 0.25) is 5.79 Å². The molecule has 3 N–H and O–H groups in total. The number of amides is 1. The molecule has 2 saturated heterocycles. The molecule has 406 valence electrons. The fraction of sp³-hybridized carbons (Fsp3) is 0.750. The van der Waals surface area contributed by atoms with Crippen molar-refractivity contribution in [1.82, 2.24) is 4.90 Å². The average molecular weight is 1010 g/mol. The molecule has 16 nitrogen and oxygen atoms in total. The molecule has 16 heteroatoms. The predicted octanol–water partition coefficient (Wildman–Crippen LogP) is 6.75. The molecule has 3 heterocycles. The normalized spacial score (nSPS) is 37.8. The van der Waals surface area contributed by atoms with Crippen LogP contribution < -0.4 is 0 Å². The molecule has 0 aromatic rings. The number of carbonyl (C=O) groups is 6. The molecule has 72 heavy (non-hydrogen) atoms. The van der Waals surface area contributed by atoms with Crippen LogP contribution in [0.4, 0.5) is 0 Å². The fourth-order valence-electron chi connectivity index (χ4n) is 10.6. The van der Waals surface area contributed by atoms with Gasteiger partial charge in [-0.3, -0.25) is 24.0 Å². The van der Waals surface area contributed by atoms with Gasteiger partial charge in [0.05, 0.1) is 30.3 Å². The van der Waals surface area contributed by atoms with Gasteiger partial charge in [0.1, 0.15) is 36.2 Å². The number of piperidine rings is 1. The molecule has 1 amide bonds. The van der Waals surface area contributed by atoms with Gasteiger partial charge in [-0.2, -0.15) is 0 Å². The lowest BCUT2D eigenvalue weighted by molar-refractivity contribution is -0.265. The molecular formula is C56H87NO15. The number of aliphatic hydroxyl groups excluding tert-OH is 2. The van der Waals surface area contributed by atoms with Gasteiger partial charge in [-0.1, -0.05) is 71.1 Å². The lowest BCUT2D eigenvalue weighted by Gasteiger charge is -2.42. The Bertz CT molecular complexity index is 1990. The molecule has 0 spiro atoms. The number of carbonyl (C=O) groups excluding carboxylic acids is 6. The Morgan fingerprint density at radius 3 is 2.24 bits per heavy atom. The van der Waals surface area contributed by atoms with Gasteiger partial charge < -0.3 is 48.6 Å². The number of esters is 2. The summed E-state index contributed by atoms with van der Waals surface area (Å²) in [6, 6.07) is -1.18. The van der Waals surface area contributed by atoms with E-state index in [0.29, 0.717) is 69.8 Å². The summed E-state index contributed by atoms with van der Waals surface area (Å²) in [5.41, 5.74) is 0.145. The number of hydrogen-bond donors (Lipinski definition) is 3. The van der Waals surface area contributed by atoms with Crippen LogP contribution in [0.3, 0.4) is 0 Å². The second-order valence-electron chi connectivity index (χ2n) is 22.0. The minimum Gasteiger partial charge on any atom is -0.460 e. The highest BCUT2D eigenvalue weighted by Crippen LogP contribution is 2.38. The van der Waals surface area contributed by atoms with Crippen molar-refractivity contribution < 1.29 is 72.5 Å². The number of methoxy groups -OCH3 is 3. The van der Waals surface area contributed by atoms with E-state index in [1.54, 1.807) is 61.8 Å². The first kappa shape index (κ1) is 60.7. The van der Waals surface area contributed by atoms with Crippen molar-refractivity contribution in [2.75, 3.05) is 34.5 Å². The highest BCUT2D eigenvalue weighted by Gasteiger charge is 2.53. The first-order valence-electron chi connectivity index (χ1n) is 26.2. The highest BCUT2D eigenvalue weighted by atomic mass is 16.6. The van der Waals surface area contributed by atoms with Crippen molar-refractivity contribution in [2.45, 2.75) is 194 Å². The summed E-state index contributed by atoms with van der Waals surface area (Å²) in [6.45, 7) is 15.5. The Kier molecular flexibility index (Phi) is 23.2. The number of allylic oxidation sites excluding steroid dienone is 6. The lowest BCUT2D eigenvalue weighted by atomic mass is 9.78. The van der Waals surface area contributed by atoms with Crippen LogP contribution in [0.15, 0.2) is 47.6 Å². The van der Waals surface area contributed by atoms with E-state index in [2.05, 4.69) is 0 Å². The summed E-state index contributed by atoms with van der Waals surface area (Å²) in [5.74, 6) is -8.94. The molecule has 3 aliphatic heterocycles. The number of rotatable bonds is 9. The molecule has 1 aliphatic carbocycles. The van der Waals surface area contributed by atoms with Crippen molar-refractivity contribution in [1.29, 1.82) is 0 Å². The number of cyclic esters (lactones) is 1. The molecule has 2 bridgehead atoms. The van der Waals surface area contributed by atoms with Gasteiger partial charge >= 0.3 is 11.9 Å². The van der Waals surface area contributed by atoms with E-state index in [-0.39, 0.29) is 49.4 Å². The monoisotopic (exact) mass is 1010 g/mol. The van der Waals surface area contributed by atoms with Crippen LogP contribution in [0.2, 0.25) is 0 Å². The zero-order chi connectivity index (χ0) is 53.7. The third-order valence-electron chi connectivity index (χ3n) is 15.7. The minimum atomic E-state index is -2.46. The van der Waals surface area contributed by atoms with Gasteiger partial charge in [-0.05, 0) is 121 Å². The Balaban J connectivity index is 1.70. The highest BCUT2D eigenvalue weighted by molar-refractivity contribution is 6.39. The number of hydrogen-bond acceptors (Lipinski definition) is 15. The summed E-state index contributed by atoms with van der Waals surface area (Å²) in [7, 11) is 4.48. The van der Waals surface area contributed by atoms with Crippen molar-refractivity contribution in [3.63, 3.8) is 0 Å². The van der Waals surface area contributed by atoms with E-state index in [1.807, 2.05) is 51.2 Å². The molecule has 1 saturated carbocycles. The molecule has 4 aliphatic rings. The molecule has 0 aromatic carbocycles. The van der Waals surface area contributed by atoms with E-state index in [9.17, 15) is 44.1 Å². The van der Waals surface area contributed by atoms with Crippen LogP contribution in [-0.4, -0.2) is 144 Å². The van der Waals surface area contributed by atoms with Crippen LogP contribution in [0, 0.1) is 40.9 Å². The van der Waals surface area contributed by atoms with E-state index >= 15 is 0 Å². The maximum absolute atomic E-state index is 14.5.